The first kappa shape index (κ1) is 27.1. The van der Waals surface area contributed by atoms with E-state index in [1.54, 1.807) is 0 Å². The summed E-state index contributed by atoms with van der Waals surface area (Å²) in [5, 5.41) is 9.78. The molecule has 0 radical (unpaired) electrons. The van der Waals surface area contributed by atoms with E-state index in [4.69, 9.17) is 0 Å². The van der Waals surface area contributed by atoms with E-state index in [9.17, 15) is 9.90 Å². The van der Waals surface area contributed by atoms with Gasteiger partial charge in [0.1, 0.15) is 0 Å². The molecule has 0 unspecified atom stereocenters. The first-order valence-corrected chi connectivity index (χ1v) is 14.0. The van der Waals surface area contributed by atoms with Crippen LogP contribution in [0.4, 0.5) is 0 Å². The molecule has 1 heterocycles. The van der Waals surface area contributed by atoms with Gasteiger partial charge in [-0.1, -0.05) is 82.7 Å². The van der Waals surface area contributed by atoms with Gasteiger partial charge in [-0.05, 0) is 74.3 Å². The smallest absolute Gasteiger partial charge is 0.331 e. The molecule has 3 rings (SSSR count). The Morgan fingerprint density at radius 1 is 0.886 bits per heavy atom. The Morgan fingerprint density at radius 2 is 1.51 bits per heavy atom. The molecule has 4 nitrogen and oxygen atoms in total. The Labute approximate surface area is 212 Å². The summed E-state index contributed by atoms with van der Waals surface area (Å²) in [5.41, 5.74) is 4.27. The third-order valence-corrected chi connectivity index (χ3v) is 7.50. The molecule has 190 valence electrons. The molecule has 2 aromatic rings. The minimum absolute atomic E-state index is 0.197. The van der Waals surface area contributed by atoms with Gasteiger partial charge >= 0.3 is 5.97 Å². The molecule has 0 saturated heterocycles. The molecule has 1 aliphatic carbocycles. The molecule has 0 spiro atoms. The van der Waals surface area contributed by atoms with Crippen LogP contribution in [0, 0.1) is 5.92 Å². The Bertz CT molecular complexity index is 910. The Hall–Kier alpha value is -2.49. The van der Waals surface area contributed by atoms with Gasteiger partial charge in [-0.25, -0.2) is 14.8 Å². The van der Waals surface area contributed by atoms with Gasteiger partial charge in [-0.2, -0.15) is 0 Å². The summed E-state index contributed by atoms with van der Waals surface area (Å²) in [4.78, 5) is 21.1. The van der Waals surface area contributed by atoms with Gasteiger partial charge < -0.3 is 5.11 Å². The van der Waals surface area contributed by atoms with Crippen molar-refractivity contribution >= 4 is 5.97 Å². The Balaban J connectivity index is 1.51. The predicted molar refractivity (Wildman–Crippen MR) is 144 cm³/mol. The average molecular weight is 477 g/mol. The number of allylic oxidation sites excluding steroid dienone is 1. The molecule has 0 bridgehead atoms. The van der Waals surface area contributed by atoms with Gasteiger partial charge in [-0.3, -0.25) is 0 Å². The van der Waals surface area contributed by atoms with Crippen molar-refractivity contribution in [1.82, 2.24) is 9.97 Å². The quantitative estimate of drug-likeness (QED) is 0.219. The number of aryl methyl sites for hydroxylation is 1. The first-order valence-electron chi connectivity index (χ1n) is 14.0. The van der Waals surface area contributed by atoms with Gasteiger partial charge in [0.15, 0.2) is 5.82 Å². The molecule has 1 saturated carbocycles. The summed E-state index contributed by atoms with van der Waals surface area (Å²) in [6, 6.07) is 8.69. The zero-order valence-electron chi connectivity index (χ0n) is 21.8. The number of aliphatic carboxylic acids is 1. The molecule has 4 heteroatoms. The highest BCUT2D eigenvalue weighted by Gasteiger charge is 2.27. The maximum absolute atomic E-state index is 11.9. The van der Waals surface area contributed by atoms with E-state index in [0.29, 0.717) is 11.5 Å². The maximum Gasteiger partial charge on any atom is 0.331 e. The minimum Gasteiger partial charge on any atom is -0.478 e. The van der Waals surface area contributed by atoms with Gasteiger partial charge in [0.2, 0.25) is 0 Å². The van der Waals surface area contributed by atoms with Crippen LogP contribution < -0.4 is 0 Å². The number of carboxylic acid groups (broad SMARTS) is 1. The predicted octanol–water partition coefficient (Wildman–Crippen LogP) is 8.52. The summed E-state index contributed by atoms with van der Waals surface area (Å²) in [6.07, 6.45) is 21.7. The van der Waals surface area contributed by atoms with Crippen molar-refractivity contribution < 1.29 is 9.90 Å². The topological polar surface area (TPSA) is 63.1 Å². The largest absolute Gasteiger partial charge is 0.478 e. The van der Waals surface area contributed by atoms with E-state index in [1.807, 2.05) is 18.5 Å². The molecule has 1 aromatic heterocycles. The second kappa shape index (κ2) is 14.8. The molecule has 0 amide bonds. The zero-order chi connectivity index (χ0) is 24.9. The second-order valence-electron chi connectivity index (χ2n) is 10.2. The summed E-state index contributed by atoms with van der Waals surface area (Å²) >= 11 is 0. The van der Waals surface area contributed by atoms with E-state index in [2.05, 4.69) is 48.1 Å². The average Bonchev–Trinajstić information content (AvgIpc) is 2.89. The van der Waals surface area contributed by atoms with Crippen LogP contribution in [0.5, 0.6) is 0 Å². The van der Waals surface area contributed by atoms with Gasteiger partial charge in [0.05, 0.1) is 0 Å². The lowest BCUT2D eigenvalue weighted by atomic mass is 9.75. The van der Waals surface area contributed by atoms with Crippen LogP contribution in [-0.4, -0.2) is 21.0 Å². The summed E-state index contributed by atoms with van der Waals surface area (Å²) in [5.74, 6) is 0.766. The zero-order valence-corrected chi connectivity index (χ0v) is 21.8. The number of hydrogen-bond acceptors (Lipinski definition) is 3. The molecule has 0 atom stereocenters. The SMILES string of the molecule is CCCCCCCC=C(C(=O)O)C1CCC(c2ccc(-c3ncc(CCCCC)cn3)cc2)CC1. The lowest BCUT2D eigenvalue weighted by Gasteiger charge is -2.29. The number of aromatic nitrogens is 2. The fourth-order valence-corrected chi connectivity index (χ4v) is 5.29. The van der Waals surface area contributed by atoms with Crippen LogP contribution in [0.3, 0.4) is 0 Å². The lowest BCUT2D eigenvalue weighted by molar-refractivity contribution is -0.133. The number of carboxylic acids is 1. The highest BCUT2D eigenvalue weighted by Crippen LogP contribution is 2.39. The summed E-state index contributed by atoms with van der Waals surface area (Å²) in [6.45, 7) is 4.44. The molecule has 1 aliphatic rings. The molecule has 1 fully saturated rings. The number of carbonyl (C=O) groups is 1. The van der Waals surface area contributed by atoms with Crippen LogP contribution >= 0.6 is 0 Å². The lowest BCUT2D eigenvalue weighted by Crippen LogP contribution is -2.19. The summed E-state index contributed by atoms with van der Waals surface area (Å²) < 4.78 is 0. The van der Waals surface area contributed by atoms with Crippen LogP contribution in [0.25, 0.3) is 11.4 Å². The molecule has 1 N–H and O–H groups in total. The molecular formula is C31H44N2O2. The van der Waals surface area contributed by atoms with Gasteiger partial charge in [0.25, 0.3) is 0 Å². The fraction of sp³-hybridized carbons (Fsp3) is 0.581. The third-order valence-electron chi connectivity index (χ3n) is 7.50. The summed E-state index contributed by atoms with van der Waals surface area (Å²) in [7, 11) is 0. The number of hydrogen-bond donors (Lipinski definition) is 1. The molecule has 1 aromatic carbocycles. The molecule has 0 aliphatic heterocycles. The van der Waals surface area contributed by atoms with Crippen LogP contribution in [0.15, 0.2) is 48.3 Å². The molecular weight excluding hydrogens is 432 g/mol. The van der Waals surface area contributed by atoms with Crippen molar-refractivity contribution in [3.05, 3.63) is 59.4 Å². The second-order valence-corrected chi connectivity index (χ2v) is 10.2. The monoisotopic (exact) mass is 476 g/mol. The van der Waals surface area contributed by atoms with E-state index >= 15 is 0 Å². The Morgan fingerprint density at radius 3 is 2.14 bits per heavy atom. The van der Waals surface area contributed by atoms with Crippen molar-refractivity contribution in [1.29, 1.82) is 0 Å². The highest BCUT2D eigenvalue weighted by molar-refractivity contribution is 5.87. The van der Waals surface area contributed by atoms with E-state index in [-0.39, 0.29) is 5.92 Å². The van der Waals surface area contributed by atoms with Crippen molar-refractivity contribution in [3.8, 4) is 11.4 Å². The van der Waals surface area contributed by atoms with Crippen LogP contribution in [0.1, 0.15) is 114 Å². The standard InChI is InChI=1S/C31H44N2O2/c1-3-5-7-8-9-11-13-29(31(34)35)27-18-14-25(15-19-27)26-16-20-28(21-17-26)30-32-22-24(23-33-30)12-10-6-4-2/h13,16-17,20-23,25,27H,3-12,14-15,18-19H2,1-2H3,(H,34,35). The van der Waals surface area contributed by atoms with Crippen LogP contribution in [0.2, 0.25) is 0 Å². The number of benzene rings is 1. The van der Waals surface area contributed by atoms with Crippen molar-refractivity contribution in [2.24, 2.45) is 5.92 Å². The number of unbranched alkanes of at least 4 members (excludes halogenated alkanes) is 7. The van der Waals surface area contributed by atoms with Gasteiger partial charge in [-0.15, -0.1) is 0 Å². The van der Waals surface area contributed by atoms with Gasteiger partial charge in [0, 0.05) is 23.5 Å². The van der Waals surface area contributed by atoms with E-state index in [0.717, 1.165) is 56.3 Å². The highest BCUT2D eigenvalue weighted by atomic mass is 16.4. The normalized spacial score (nSPS) is 18.5. The van der Waals surface area contributed by atoms with Crippen molar-refractivity contribution in [2.45, 2.75) is 110 Å². The maximum atomic E-state index is 11.9. The Kier molecular flexibility index (Phi) is 11.5. The number of rotatable bonds is 14. The first-order chi connectivity index (χ1) is 17.1. The van der Waals surface area contributed by atoms with Crippen molar-refractivity contribution in [2.75, 3.05) is 0 Å². The minimum atomic E-state index is -0.720. The third kappa shape index (κ3) is 8.59. The molecule has 35 heavy (non-hydrogen) atoms. The fourth-order valence-electron chi connectivity index (χ4n) is 5.29. The van der Waals surface area contributed by atoms with E-state index in [1.165, 1.54) is 56.1 Å². The van der Waals surface area contributed by atoms with Crippen LogP contribution in [-0.2, 0) is 11.2 Å². The van der Waals surface area contributed by atoms with Crippen molar-refractivity contribution in [3.63, 3.8) is 0 Å². The number of nitrogens with zero attached hydrogens (tertiary/aromatic N) is 2. The van der Waals surface area contributed by atoms with E-state index < -0.39 is 5.97 Å².